The van der Waals surface area contributed by atoms with Gasteiger partial charge >= 0.3 is 0 Å². The molecule has 0 bridgehead atoms. The van der Waals surface area contributed by atoms with Gasteiger partial charge in [-0.1, -0.05) is 58.9 Å². The van der Waals surface area contributed by atoms with Crippen LogP contribution in [0, 0.1) is 5.41 Å². The Morgan fingerprint density at radius 3 is 1.94 bits per heavy atom. The highest BCUT2D eigenvalue weighted by atomic mass is 15.2. The molecule has 2 aromatic rings. The number of guanidine groups is 1. The van der Waals surface area contributed by atoms with Gasteiger partial charge in [0, 0.05) is 28.0 Å². The molecule has 0 spiro atoms. The molecule has 0 fully saturated rings. The lowest BCUT2D eigenvalue weighted by Gasteiger charge is -2.26. The van der Waals surface area contributed by atoms with E-state index in [0.717, 1.165) is 23.5 Å². The van der Waals surface area contributed by atoms with E-state index in [1.54, 1.807) is 0 Å². The van der Waals surface area contributed by atoms with E-state index in [0.29, 0.717) is 18.3 Å². The van der Waals surface area contributed by atoms with Crippen LogP contribution in [0.25, 0.3) is 0 Å². The Hall–Kier alpha value is -3.15. The van der Waals surface area contributed by atoms with E-state index < -0.39 is 0 Å². The molecule has 2 aromatic carbocycles. The highest BCUT2D eigenvalue weighted by Crippen LogP contribution is 2.24. The van der Waals surface area contributed by atoms with Crippen LogP contribution in [0.1, 0.15) is 75.7 Å². The maximum absolute atomic E-state index is 4.87. The van der Waals surface area contributed by atoms with Gasteiger partial charge in [-0.2, -0.15) is 4.99 Å². The second kappa shape index (κ2) is 13.8. The number of nitrogens with one attached hydrogen (secondary N) is 3. The zero-order valence-corrected chi connectivity index (χ0v) is 24.2. The standard InChI is InChI=1S/C28H42N6.C2H6/c1-10-27(5,6)24(29-9)32-25(30-20-28(7,8)34-21-15-12-11-13-16-21)31-22-17-14-18-23(19-22)33-26(2,3)4;1-2/h11-19,33-34H,9-10,20H2,1-8H3,(H,30,31);1-2H3/b32-24-;. The van der Waals surface area contributed by atoms with E-state index in [4.69, 9.17) is 9.98 Å². The van der Waals surface area contributed by atoms with E-state index >= 15 is 0 Å². The predicted octanol–water partition coefficient (Wildman–Crippen LogP) is 8.12. The first-order chi connectivity index (χ1) is 16.8. The van der Waals surface area contributed by atoms with Gasteiger partial charge < -0.3 is 16.0 Å². The Morgan fingerprint density at radius 2 is 1.39 bits per heavy atom. The number of aliphatic imine (C=N–C) groups is 3. The van der Waals surface area contributed by atoms with Crippen molar-refractivity contribution in [1.29, 1.82) is 0 Å². The molecular weight excluding hydrogens is 444 g/mol. The SMILES string of the molecule is C=N/C(=N\C(=NCC(C)(C)Nc1ccccc1)Nc1cccc(NC(C)(C)C)c1)C(C)(C)CC.CC. The number of amidine groups is 1. The molecule has 0 amide bonds. The van der Waals surface area contributed by atoms with Gasteiger partial charge in [0.2, 0.25) is 5.96 Å². The first-order valence-electron chi connectivity index (χ1n) is 12.9. The lowest BCUT2D eigenvalue weighted by Crippen LogP contribution is -2.35. The Morgan fingerprint density at radius 1 is 0.806 bits per heavy atom. The van der Waals surface area contributed by atoms with Crippen molar-refractivity contribution in [1.82, 2.24) is 0 Å². The summed E-state index contributed by atoms with van der Waals surface area (Å²) in [5.74, 6) is 1.18. The Labute approximate surface area is 219 Å². The summed E-state index contributed by atoms with van der Waals surface area (Å²) in [7, 11) is 0. The quantitative estimate of drug-likeness (QED) is 0.257. The molecule has 0 unspecified atom stereocenters. The topological polar surface area (TPSA) is 73.2 Å². The molecule has 36 heavy (non-hydrogen) atoms. The molecule has 0 aliphatic rings. The van der Waals surface area contributed by atoms with Gasteiger partial charge in [-0.3, -0.25) is 0 Å². The number of hydrogen-bond acceptors (Lipinski definition) is 3. The zero-order chi connectivity index (χ0) is 27.4. The molecule has 0 radical (unpaired) electrons. The maximum Gasteiger partial charge on any atom is 0.224 e. The largest absolute Gasteiger partial charge is 0.380 e. The molecule has 0 aliphatic heterocycles. The van der Waals surface area contributed by atoms with E-state index in [2.05, 4.69) is 107 Å². The third kappa shape index (κ3) is 11.1. The Bertz CT molecular complexity index is 998. The first-order valence-corrected chi connectivity index (χ1v) is 12.9. The van der Waals surface area contributed by atoms with Crippen LogP contribution in [0.15, 0.2) is 69.6 Å². The average Bonchev–Trinajstić information content (AvgIpc) is 2.81. The van der Waals surface area contributed by atoms with Crippen LogP contribution < -0.4 is 16.0 Å². The Kier molecular flexibility index (Phi) is 11.8. The third-order valence-corrected chi connectivity index (χ3v) is 5.37. The molecule has 2 rings (SSSR count). The monoisotopic (exact) mass is 492 g/mol. The summed E-state index contributed by atoms with van der Waals surface area (Å²) in [4.78, 5) is 13.9. The van der Waals surface area contributed by atoms with Gasteiger partial charge in [0.1, 0.15) is 5.84 Å². The summed E-state index contributed by atoms with van der Waals surface area (Å²) in [5, 5.41) is 10.5. The van der Waals surface area contributed by atoms with Crippen molar-refractivity contribution in [3.63, 3.8) is 0 Å². The van der Waals surface area contributed by atoms with Crippen molar-refractivity contribution in [2.75, 3.05) is 22.5 Å². The minimum absolute atomic E-state index is 0.0358. The molecule has 3 N–H and O–H groups in total. The summed E-state index contributed by atoms with van der Waals surface area (Å²) in [6.45, 7) is 25.3. The van der Waals surface area contributed by atoms with Crippen molar-refractivity contribution in [2.45, 2.75) is 86.7 Å². The van der Waals surface area contributed by atoms with Crippen LogP contribution in [0.4, 0.5) is 17.1 Å². The van der Waals surface area contributed by atoms with Gasteiger partial charge in [-0.15, -0.1) is 0 Å². The lowest BCUT2D eigenvalue weighted by molar-refractivity contribution is 0.499. The van der Waals surface area contributed by atoms with Crippen molar-refractivity contribution in [2.24, 2.45) is 20.4 Å². The van der Waals surface area contributed by atoms with Crippen LogP contribution in [-0.4, -0.2) is 36.1 Å². The lowest BCUT2D eigenvalue weighted by atomic mass is 9.89. The minimum Gasteiger partial charge on any atom is -0.380 e. The smallest absolute Gasteiger partial charge is 0.224 e. The van der Waals surface area contributed by atoms with Crippen molar-refractivity contribution >= 4 is 35.6 Å². The normalized spacial score (nSPS) is 12.8. The summed E-state index contributed by atoms with van der Waals surface area (Å²) in [6, 6.07) is 18.3. The van der Waals surface area contributed by atoms with Crippen LogP contribution in [0.5, 0.6) is 0 Å². The first kappa shape index (κ1) is 30.9. The fourth-order valence-electron chi connectivity index (χ4n) is 3.22. The van der Waals surface area contributed by atoms with Crippen LogP contribution >= 0.6 is 0 Å². The molecular formula is C30H48N6. The number of nitrogens with zero attached hydrogens (tertiary/aromatic N) is 3. The second-order valence-electron chi connectivity index (χ2n) is 10.9. The van der Waals surface area contributed by atoms with Gasteiger partial charge in [0.15, 0.2) is 0 Å². The summed E-state index contributed by atoms with van der Waals surface area (Å²) >= 11 is 0. The molecule has 0 saturated carbocycles. The average molecular weight is 493 g/mol. The number of para-hydroxylation sites is 1. The molecule has 0 heterocycles. The molecule has 0 saturated heterocycles. The van der Waals surface area contributed by atoms with E-state index in [1.807, 2.05) is 44.2 Å². The molecule has 6 nitrogen and oxygen atoms in total. The van der Waals surface area contributed by atoms with Crippen LogP contribution in [0.2, 0.25) is 0 Å². The van der Waals surface area contributed by atoms with E-state index in [9.17, 15) is 0 Å². The zero-order valence-electron chi connectivity index (χ0n) is 24.2. The molecule has 0 atom stereocenters. The highest BCUT2D eigenvalue weighted by Gasteiger charge is 2.23. The van der Waals surface area contributed by atoms with Gasteiger partial charge in [0.05, 0.1) is 12.1 Å². The number of benzene rings is 2. The third-order valence-electron chi connectivity index (χ3n) is 5.37. The van der Waals surface area contributed by atoms with Gasteiger partial charge in [-0.25, -0.2) is 9.98 Å². The summed E-state index contributed by atoms with van der Waals surface area (Å²) in [5.41, 5.74) is 2.47. The van der Waals surface area contributed by atoms with Crippen LogP contribution in [-0.2, 0) is 0 Å². The van der Waals surface area contributed by atoms with Gasteiger partial charge in [0.25, 0.3) is 0 Å². The second-order valence-corrected chi connectivity index (χ2v) is 10.9. The number of anilines is 3. The van der Waals surface area contributed by atoms with Gasteiger partial charge in [-0.05, 0) is 78.1 Å². The number of hydrogen-bond donors (Lipinski definition) is 3. The van der Waals surface area contributed by atoms with E-state index in [1.165, 1.54) is 0 Å². The van der Waals surface area contributed by atoms with Crippen LogP contribution in [0.3, 0.4) is 0 Å². The van der Waals surface area contributed by atoms with Crippen molar-refractivity contribution in [3.8, 4) is 0 Å². The van der Waals surface area contributed by atoms with E-state index in [-0.39, 0.29) is 16.5 Å². The number of rotatable bonds is 8. The predicted molar refractivity (Wildman–Crippen MR) is 162 cm³/mol. The highest BCUT2D eigenvalue weighted by molar-refractivity contribution is 6.05. The molecule has 0 aliphatic carbocycles. The maximum atomic E-state index is 4.87. The molecule has 6 heteroatoms. The molecule has 198 valence electrons. The summed E-state index contributed by atoms with van der Waals surface area (Å²) in [6.07, 6.45) is 0.893. The minimum atomic E-state index is -0.276. The molecule has 0 aromatic heterocycles. The fourth-order valence-corrected chi connectivity index (χ4v) is 3.22. The van der Waals surface area contributed by atoms with Crippen molar-refractivity contribution < 1.29 is 0 Å². The summed E-state index contributed by atoms with van der Waals surface area (Å²) < 4.78 is 0. The Balaban J connectivity index is 0.00000316. The van der Waals surface area contributed by atoms with Crippen molar-refractivity contribution in [3.05, 3.63) is 54.6 Å². The fraction of sp³-hybridized carbons (Fsp3) is 0.500.